The van der Waals surface area contributed by atoms with E-state index >= 15 is 0 Å². The lowest BCUT2D eigenvalue weighted by molar-refractivity contribution is -0.116. The number of carbonyl (C=O) groups is 2. The van der Waals surface area contributed by atoms with Crippen molar-refractivity contribution in [1.29, 1.82) is 0 Å². The lowest BCUT2D eigenvalue weighted by Gasteiger charge is -2.22. The number of amides is 2. The summed E-state index contributed by atoms with van der Waals surface area (Å²) in [5.41, 5.74) is 4.33. The van der Waals surface area contributed by atoms with Crippen LogP contribution in [0.5, 0.6) is 0 Å². The molecule has 0 aliphatic heterocycles. The molecule has 2 aromatic carbocycles. The van der Waals surface area contributed by atoms with E-state index in [4.69, 9.17) is 5.10 Å². The molecule has 33 heavy (non-hydrogen) atoms. The van der Waals surface area contributed by atoms with Crippen molar-refractivity contribution in [3.05, 3.63) is 77.0 Å². The number of anilines is 1. The molecular formula is C27H34N4O2. The van der Waals surface area contributed by atoms with Gasteiger partial charge in [0, 0.05) is 23.6 Å². The summed E-state index contributed by atoms with van der Waals surface area (Å²) in [5, 5.41) is 7.79. The van der Waals surface area contributed by atoms with Crippen LogP contribution in [-0.4, -0.2) is 39.6 Å². The van der Waals surface area contributed by atoms with E-state index < -0.39 is 0 Å². The summed E-state index contributed by atoms with van der Waals surface area (Å²) in [4.78, 5) is 27.7. The monoisotopic (exact) mass is 446 g/mol. The summed E-state index contributed by atoms with van der Waals surface area (Å²) < 4.78 is 1.78. The van der Waals surface area contributed by atoms with Crippen LogP contribution in [0, 0.1) is 13.8 Å². The van der Waals surface area contributed by atoms with Crippen LogP contribution >= 0.6 is 0 Å². The number of carbonyl (C=O) groups excluding carboxylic acids is 2. The molecule has 6 heteroatoms. The number of rotatable bonds is 7. The van der Waals surface area contributed by atoms with E-state index in [1.807, 2.05) is 63.2 Å². The molecule has 0 aliphatic rings. The molecular weight excluding hydrogens is 412 g/mol. The van der Waals surface area contributed by atoms with Crippen molar-refractivity contribution in [3.8, 4) is 5.69 Å². The molecule has 3 rings (SSSR count). The molecule has 0 radical (unpaired) electrons. The van der Waals surface area contributed by atoms with Crippen LogP contribution < -0.4 is 5.32 Å². The number of aromatic nitrogens is 2. The van der Waals surface area contributed by atoms with Crippen LogP contribution in [0.3, 0.4) is 0 Å². The first-order valence-electron chi connectivity index (χ1n) is 11.4. The first kappa shape index (κ1) is 24.2. The van der Waals surface area contributed by atoms with Crippen molar-refractivity contribution in [2.24, 2.45) is 0 Å². The second-order valence-electron chi connectivity index (χ2n) is 9.50. The van der Waals surface area contributed by atoms with Crippen LogP contribution in [0.2, 0.25) is 0 Å². The Labute approximate surface area is 196 Å². The second-order valence-corrected chi connectivity index (χ2v) is 9.50. The minimum Gasteiger partial charge on any atom is -0.329 e. The molecule has 1 heterocycles. The predicted octanol–water partition coefficient (Wildman–Crippen LogP) is 5.28. The highest BCUT2D eigenvalue weighted by molar-refractivity contribution is 5.99. The fourth-order valence-corrected chi connectivity index (χ4v) is 3.58. The van der Waals surface area contributed by atoms with Gasteiger partial charge in [0.2, 0.25) is 5.91 Å². The van der Waals surface area contributed by atoms with Crippen LogP contribution in [-0.2, 0) is 10.2 Å². The third-order valence-electron chi connectivity index (χ3n) is 5.50. The number of hydrogen-bond acceptors (Lipinski definition) is 3. The van der Waals surface area contributed by atoms with Crippen molar-refractivity contribution in [3.63, 3.8) is 0 Å². The molecule has 0 saturated carbocycles. The highest BCUT2D eigenvalue weighted by Gasteiger charge is 2.23. The van der Waals surface area contributed by atoms with Crippen molar-refractivity contribution in [1.82, 2.24) is 14.7 Å². The summed E-state index contributed by atoms with van der Waals surface area (Å²) in [7, 11) is 0. The van der Waals surface area contributed by atoms with Crippen LogP contribution in [0.15, 0.2) is 54.6 Å². The average molecular weight is 447 g/mol. The lowest BCUT2D eigenvalue weighted by atomic mass is 9.92. The van der Waals surface area contributed by atoms with Gasteiger partial charge >= 0.3 is 0 Å². The second kappa shape index (κ2) is 10.0. The maximum Gasteiger partial charge on any atom is 0.254 e. The molecule has 0 unspecified atom stereocenters. The van der Waals surface area contributed by atoms with Gasteiger partial charge in [-0.3, -0.25) is 9.59 Å². The zero-order valence-corrected chi connectivity index (χ0v) is 20.5. The zero-order chi connectivity index (χ0) is 24.2. The number of para-hydroxylation sites is 1. The Bertz CT molecular complexity index is 1120. The summed E-state index contributed by atoms with van der Waals surface area (Å²) >= 11 is 0. The standard InChI is InChI=1S/C27H34N4O2/c1-7-16-30(26(33)21-14-12-19(2)13-15-21)18-25(32)28-24-17-23(27(4,5)6)29-31(24)22-11-9-8-10-20(22)3/h8-15,17H,7,16,18H2,1-6H3,(H,28,32). The quantitative estimate of drug-likeness (QED) is 0.537. The molecule has 174 valence electrons. The van der Waals surface area contributed by atoms with Crippen molar-refractivity contribution >= 4 is 17.6 Å². The first-order chi connectivity index (χ1) is 15.6. The Morgan fingerprint density at radius 3 is 2.30 bits per heavy atom. The van der Waals surface area contributed by atoms with E-state index in [1.54, 1.807) is 21.7 Å². The smallest absolute Gasteiger partial charge is 0.254 e. The minimum atomic E-state index is -0.251. The van der Waals surface area contributed by atoms with Gasteiger partial charge in [-0.15, -0.1) is 0 Å². The van der Waals surface area contributed by atoms with Crippen molar-refractivity contribution in [2.75, 3.05) is 18.4 Å². The lowest BCUT2D eigenvalue weighted by Crippen LogP contribution is -2.38. The highest BCUT2D eigenvalue weighted by atomic mass is 16.2. The minimum absolute atomic E-state index is 0.0235. The average Bonchev–Trinajstić information content (AvgIpc) is 3.18. The maximum absolute atomic E-state index is 13.1. The van der Waals surface area contributed by atoms with Crippen LogP contribution in [0.25, 0.3) is 5.69 Å². The fourth-order valence-electron chi connectivity index (χ4n) is 3.58. The third kappa shape index (κ3) is 5.89. The predicted molar refractivity (Wildman–Crippen MR) is 133 cm³/mol. The topological polar surface area (TPSA) is 67.2 Å². The van der Waals surface area contributed by atoms with Gasteiger partial charge in [0.15, 0.2) is 0 Å². The summed E-state index contributed by atoms with van der Waals surface area (Å²) in [6, 6.07) is 17.3. The van der Waals surface area contributed by atoms with Crippen molar-refractivity contribution < 1.29 is 9.59 Å². The molecule has 0 bridgehead atoms. The van der Waals surface area contributed by atoms with Gasteiger partial charge in [-0.25, -0.2) is 4.68 Å². The highest BCUT2D eigenvalue weighted by Crippen LogP contribution is 2.27. The molecule has 2 amide bonds. The molecule has 0 aliphatic carbocycles. The zero-order valence-electron chi connectivity index (χ0n) is 20.5. The Morgan fingerprint density at radius 2 is 1.70 bits per heavy atom. The van der Waals surface area contributed by atoms with Gasteiger partial charge < -0.3 is 10.2 Å². The summed E-state index contributed by atoms with van der Waals surface area (Å²) in [6.07, 6.45) is 0.764. The van der Waals surface area contributed by atoms with E-state index in [2.05, 4.69) is 26.1 Å². The normalized spacial score (nSPS) is 11.3. The molecule has 0 spiro atoms. The van der Waals surface area contributed by atoms with Crippen LogP contribution in [0.4, 0.5) is 5.82 Å². The molecule has 1 N–H and O–H groups in total. The Balaban J connectivity index is 1.86. The van der Waals surface area contributed by atoms with Crippen LogP contribution in [0.1, 0.15) is 61.3 Å². The van der Waals surface area contributed by atoms with Gasteiger partial charge in [0.25, 0.3) is 5.91 Å². The first-order valence-corrected chi connectivity index (χ1v) is 11.4. The van der Waals surface area contributed by atoms with E-state index in [0.717, 1.165) is 28.9 Å². The molecule has 0 fully saturated rings. The van der Waals surface area contributed by atoms with Crippen molar-refractivity contribution in [2.45, 2.75) is 53.4 Å². The largest absolute Gasteiger partial charge is 0.329 e. The number of hydrogen-bond donors (Lipinski definition) is 1. The van der Waals surface area contributed by atoms with Gasteiger partial charge in [-0.2, -0.15) is 5.10 Å². The van der Waals surface area contributed by atoms with Gasteiger partial charge in [0.1, 0.15) is 12.4 Å². The Kier molecular flexibility index (Phi) is 7.36. The molecule has 0 saturated heterocycles. The molecule has 0 atom stereocenters. The summed E-state index contributed by atoms with van der Waals surface area (Å²) in [5.74, 6) is 0.201. The molecule has 6 nitrogen and oxygen atoms in total. The Morgan fingerprint density at radius 1 is 1.03 bits per heavy atom. The number of aryl methyl sites for hydroxylation is 2. The summed E-state index contributed by atoms with van der Waals surface area (Å²) in [6.45, 7) is 12.7. The molecule has 3 aromatic rings. The maximum atomic E-state index is 13.1. The number of nitrogens with one attached hydrogen (secondary N) is 1. The van der Waals surface area contributed by atoms with E-state index in [0.29, 0.717) is 17.9 Å². The number of nitrogens with zero attached hydrogens (tertiary/aromatic N) is 3. The SMILES string of the molecule is CCCN(CC(=O)Nc1cc(C(C)(C)C)nn1-c1ccccc1C)C(=O)c1ccc(C)cc1. The van der Waals surface area contributed by atoms with E-state index in [9.17, 15) is 9.59 Å². The third-order valence-corrected chi connectivity index (χ3v) is 5.50. The van der Waals surface area contributed by atoms with E-state index in [1.165, 1.54) is 0 Å². The van der Waals surface area contributed by atoms with Gasteiger partial charge in [-0.05, 0) is 44.0 Å². The molecule has 1 aromatic heterocycles. The number of benzene rings is 2. The van der Waals surface area contributed by atoms with Gasteiger partial charge in [0.05, 0.1) is 11.4 Å². The Hall–Kier alpha value is -3.41. The van der Waals surface area contributed by atoms with Gasteiger partial charge in [-0.1, -0.05) is 63.6 Å². The fraction of sp³-hybridized carbons (Fsp3) is 0.370. The van der Waals surface area contributed by atoms with E-state index in [-0.39, 0.29) is 23.8 Å².